The van der Waals surface area contributed by atoms with Gasteiger partial charge in [-0.2, -0.15) is 16.3 Å². The molecule has 0 saturated heterocycles. The molecule has 3 aromatic rings. The first kappa shape index (κ1) is 17.2. The van der Waals surface area contributed by atoms with Crippen LogP contribution in [-0.4, -0.2) is 27.7 Å². The quantitative estimate of drug-likeness (QED) is 0.675. The minimum Gasteiger partial charge on any atom is -0.387 e. The molecule has 1 amide bonds. The molecule has 25 heavy (non-hydrogen) atoms. The second kappa shape index (κ2) is 8.00. The molecule has 0 aliphatic rings. The third kappa shape index (κ3) is 4.71. The topological polar surface area (TPSA) is 88.2 Å². The molecular formula is C17H16FN3O3S. The third-order valence-electron chi connectivity index (χ3n) is 3.56. The zero-order valence-corrected chi connectivity index (χ0v) is 14.0. The largest absolute Gasteiger partial charge is 0.387 e. The van der Waals surface area contributed by atoms with E-state index < -0.39 is 6.10 Å². The number of rotatable bonds is 7. The molecule has 1 unspecified atom stereocenters. The molecule has 2 N–H and O–H groups in total. The van der Waals surface area contributed by atoms with Gasteiger partial charge in [-0.25, -0.2) is 4.39 Å². The number of carbonyl (C=O) groups is 1. The summed E-state index contributed by atoms with van der Waals surface area (Å²) in [5.41, 5.74) is 1.42. The Morgan fingerprint density at radius 2 is 2.12 bits per heavy atom. The first-order valence-corrected chi connectivity index (χ1v) is 8.61. The van der Waals surface area contributed by atoms with Crippen LogP contribution >= 0.6 is 11.3 Å². The minimum atomic E-state index is -0.891. The van der Waals surface area contributed by atoms with E-state index in [1.165, 1.54) is 35.6 Å². The van der Waals surface area contributed by atoms with Crippen LogP contribution in [0.4, 0.5) is 4.39 Å². The van der Waals surface area contributed by atoms with Gasteiger partial charge in [0.05, 0.1) is 6.10 Å². The van der Waals surface area contributed by atoms with Crippen LogP contribution in [0.15, 0.2) is 45.6 Å². The Morgan fingerprint density at radius 1 is 1.32 bits per heavy atom. The molecule has 0 radical (unpaired) electrons. The summed E-state index contributed by atoms with van der Waals surface area (Å²) in [4.78, 5) is 16.1. The molecular weight excluding hydrogens is 345 g/mol. The molecule has 0 fully saturated rings. The number of halogens is 1. The predicted molar refractivity (Wildman–Crippen MR) is 90.3 cm³/mol. The van der Waals surface area contributed by atoms with Gasteiger partial charge in [-0.15, -0.1) is 0 Å². The van der Waals surface area contributed by atoms with Crippen LogP contribution in [0.25, 0.3) is 11.4 Å². The number of aryl methyl sites for hydroxylation is 1. The van der Waals surface area contributed by atoms with Crippen LogP contribution < -0.4 is 5.32 Å². The van der Waals surface area contributed by atoms with Gasteiger partial charge < -0.3 is 14.9 Å². The van der Waals surface area contributed by atoms with Crippen LogP contribution in [0.5, 0.6) is 0 Å². The lowest BCUT2D eigenvalue weighted by atomic mass is 10.1. The number of aliphatic hydroxyl groups is 1. The SMILES string of the molecule is O=C(CCc1nc(-c2ccsc2)no1)NCC(O)c1ccc(F)cc1. The summed E-state index contributed by atoms with van der Waals surface area (Å²) >= 11 is 1.54. The molecule has 0 saturated carbocycles. The molecule has 3 rings (SSSR count). The van der Waals surface area contributed by atoms with Gasteiger partial charge in [0.15, 0.2) is 0 Å². The van der Waals surface area contributed by atoms with Crippen LogP contribution in [0.2, 0.25) is 0 Å². The molecule has 2 aromatic heterocycles. The predicted octanol–water partition coefficient (Wildman–Crippen LogP) is 2.72. The van der Waals surface area contributed by atoms with Crippen molar-refractivity contribution in [3.63, 3.8) is 0 Å². The fourth-order valence-corrected chi connectivity index (χ4v) is 2.82. The molecule has 0 aliphatic carbocycles. The van der Waals surface area contributed by atoms with E-state index in [4.69, 9.17) is 4.52 Å². The van der Waals surface area contributed by atoms with Gasteiger partial charge in [0, 0.05) is 30.3 Å². The van der Waals surface area contributed by atoms with Gasteiger partial charge in [0.25, 0.3) is 0 Å². The Balaban J connectivity index is 1.44. The molecule has 2 heterocycles. The minimum absolute atomic E-state index is 0.0501. The van der Waals surface area contributed by atoms with Crippen molar-refractivity contribution in [1.29, 1.82) is 0 Å². The van der Waals surface area contributed by atoms with Crippen LogP contribution in [0.3, 0.4) is 0 Å². The maximum absolute atomic E-state index is 12.8. The highest BCUT2D eigenvalue weighted by atomic mass is 32.1. The molecule has 1 aromatic carbocycles. The molecule has 1 atom stereocenters. The van der Waals surface area contributed by atoms with Gasteiger partial charge in [-0.3, -0.25) is 4.79 Å². The Hall–Kier alpha value is -2.58. The molecule has 8 heteroatoms. The van der Waals surface area contributed by atoms with Crippen molar-refractivity contribution < 1.29 is 18.8 Å². The zero-order valence-electron chi connectivity index (χ0n) is 13.2. The number of hydrogen-bond acceptors (Lipinski definition) is 6. The maximum Gasteiger partial charge on any atom is 0.227 e. The number of amides is 1. The number of aliphatic hydroxyl groups excluding tert-OH is 1. The van der Waals surface area contributed by atoms with Crippen LogP contribution in [0, 0.1) is 5.82 Å². The van der Waals surface area contributed by atoms with Gasteiger partial charge in [0.2, 0.25) is 17.6 Å². The van der Waals surface area contributed by atoms with E-state index in [9.17, 15) is 14.3 Å². The van der Waals surface area contributed by atoms with Crippen LogP contribution in [0.1, 0.15) is 24.0 Å². The lowest BCUT2D eigenvalue weighted by Crippen LogP contribution is -2.28. The van der Waals surface area contributed by atoms with Crippen molar-refractivity contribution in [1.82, 2.24) is 15.5 Å². The first-order chi connectivity index (χ1) is 12.1. The van der Waals surface area contributed by atoms with Gasteiger partial charge in [0.1, 0.15) is 5.82 Å². The normalized spacial score (nSPS) is 12.1. The third-order valence-corrected chi connectivity index (χ3v) is 4.24. The maximum atomic E-state index is 12.8. The highest BCUT2D eigenvalue weighted by molar-refractivity contribution is 7.08. The van der Waals surface area contributed by atoms with E-state index in [1.807, 2.05) is 16.8 Å². The van der Waals surface area contributed by atoms with Crippen molar-refractivity contribution in [3.05, 3.63) is 58.4 Å². The number of benzene rings is 1. The number of hydrogen-bond donors (Lipinski definition) is 2. The second-order valence-corrected chi connectivity index (χ2v) is 6.18. The first-order valence-electron chi connectivity index (χ1n) is 7.67. The Morgan fingerprint density at radius 3 is 2.84 bits per heavy atom. The Kier molecular flexibility index (Phi) is 5.52. The average Bonchev–Trinajstić information content (AvgIpc) is 3.29. The van der Waals surface area contributed by atoms with Gasteiger partial charge in [-0.1, -0.05) is 17.3 Å². The molecule has 0 aliphatic heterocycles. The van der Waals surface area contributed by atoms with Crippen molar-refractivity contribution in [3.8, 4) is 11.4 Å². The lowest BCUT2D eigenvalue weighted by Gasteiger charge is -2.12. The number of carbonyl (C=O) groups excluding carboxylic acids is 1. The van der Waals surface area contributed by atoms with E-state index in [0.717, 1.165) is 5.56 Å². The number of thiophene rings is 1. The fraction of sp³-hybridized carbons (Fsp3) is 0.235. The van der Waals surface area contributed by atoms with Crippen molar-refractivity contribution in [2.24, 2.45) is 0 Å². The highest BCUT2D eigenvalue weighted by Crippen LogP contribution is 2.19. The summed E-state index contributed by atoms with van der Waals surface area (Å²) < 4.78 is 18.0. The standard InChI is InChI=1S/C17H16FN3O3S/c18-13-3-1-11(2-4-13)14(22)9-19-15(23)5-6-16-20-17(21-24-16)12-7-8-25-10-12/h1-4,7-8,10,14,22H,5-6,9H2,(H,19,23). The van der Waals surface area contributed by atoms with Gasteiger partial charge >= 0.3 is 0 Å². The van der Waals surface area contributed by atoms with E-state index >= 15 is 0 Å². The summed E-state index contributed by atoms with van der Waals surface area (Å²) in [6.07, 6.45) is -0.407. The summed E-state index contributed by atoms with van der Waals surface area (Å²) in [5, 5.41) is 20.3. The van der Waals surface area contributed by atoms with Crippen molar-refractivity contribution >= 4 is 17.2 Å². The fourth-order valence-electron chi connectivity index (χ4n) is 2.19. The second-order valence-electron chi connectivity index (χ2n) is 5.40. The van der Waals surface area contributed by atoms with Crippen molar-refractivity contribution in [2.75, 3.05) is 6.54 Å². The van der Waals surface area contributed by atoms with Crippen LogP contribution in [-0.2, 0) is 11.2 Å². The average molecular weight is 361 g/mol. The molecule has 130 valence electrons. The summed E-state index contributed by atoms with van der Waals surface area (Å²) in [7, 11) is 0. The smallest absolute Gasteiger partial charge is 0.227 e. The Labute approximate surface area is 147 Å². The van der Waals surface area contributed by atoms with Crippen molar-refractivity contribution in [2.45, 2.75) is 18.9 Å². The zero-order chi connectivity index (χ0) is 17.6. The summed E-state index contributed by atoms with van der Waals surface area (Å²) in [6.45, 7) is 0.0501. The summed E-state index contributed by atoms with van der Waals surface area (Å²) in [6, 6.07) is 7.39. The number of aromatic nitrogens is 2. The molecule has 0 spiro atoms. The number of nitrogens with zero attached hydrogens (tertiary/aromatic N) is 2. The van der Waals surface area contributed by atoms with E-state index in [2.05, 4.69) is 15.5 Å². The Bertz CT molecular complexity index is 818. The highest BCUT2D eigenvalue weighted by Gasteiger charge is 2.13. The van der Waals surface area contributed by atoms with Gasteiger partial charge in [-0.05, 0) is 29.1 Å². The molecule has 6 nitrogen and oxygen atoms in total. The monoisotopic (exact) mass is 361 g/mol. The lowest BCUT2D eigenvalue weighted by molar-refractivity contribution is -0.121. The van der Waals surface area contributed by atoms with E-state index in [-0.39, 0.29) is 24.7 Å². The summed E-state index contributed by atoms with van der Waals surface area (Å²) in [5.74, 6) is 0.275. The van der Waals surface area contributed by atoms with E-state index in [0.29, 0.717) is 23.7 Å². The molecule has 0 bridgehead atoms. The van der Waals surface area contributed by atoms with E-state index in [1.54, 1.807) is 0 Å². The number of nitrogens with one attached hydrogen (secondary N) is 1.